The van der Waals surface area contributed by atoms with Gasteiger partial charge in [-0.15, -0.1) is 0 Å². The predicted octanol–water partition coefficient (Wildman–Crippen LogP) is 4.03. The summed E-state index contributed by atoms with van der Waals surface area (Å²) >= 11 is 0. The molecular formula is C19H20F3N3O4S. The van der Waals surface area contributed by atoms with Gasteiger partial charge in [0.1, 0.15) is 5.69 Å². The fourth-order valence-electron chi connectivity index (χ4n) is 3.37. The third kappa shape index (κ3) is 4.57. The Balaban J connectivity index is 1.87. The zero-order valence-corrected chi connectivity index (χ0v) is 16.9. The number of nitro benzene ring substituents is 1. The summed E-state index contributed by atoms with van der Waals surface area (Å²) in [6.07, 6.45) is -2.95. The summed E-state index contributed by atoms with van der Waals surface area (Å²) in [6, 6.07) is 8.21. The Labute approximate surface area is 171 Å². The Bertz CT molecular complexity index is 1030. The number of rotatable bonds is 6. The first-order chi connectivity index (χ1) is 14.0. The number of sulfonamides is 1. The predicted molar refractivity (Wildman–Crippen MR) is 105 cm³/mol. The fourth-order valence-corrected chi connectivity index (χ4v) is 4.91. The molecule has 1 heterocycles. The van der Waals surface area contributed by atoms with E-state index in [4.69, 9.17) is 0 Å². The largest absolute Gasteiger partial charge is 0.416 e. The molecule has 0 spiro atoms. The van der Waals surface area contributed by atoms with Gasteiger partial charge in [-0.05, 0) is 42.7 Å². The zero-order chi connectivity index (χ0) is 22.1. The van der Waals surface area contributed by atoms with E-state index in [9.17, 15) is 31.7 Å². The van der Waals surface area contributed by atoms with E-state index >= 15 is 0 Å². The lowest BCUT2D eigenvalue weighted by Crippen LogP contribution is -2.28. The second-order valence-electron chi connectivity index (χ2n) is 7.07. The summed E-state index contributed by atoms with van der Waals surface area (Å²) in [5, 5.41) is 11.6. The molecule has 1 aliphatic heterocycles. The van der Waals surface area contributed by atoms with Crippen LogP contribution in [0.2, 0.25) is 0 Å². The molecule has 1 aliphatic rings. The molecule has 0 saturated carbocycles. The molecule has 30 heavy (non-hydrogen) atoms. The topological polar surface area (TPSA) is 83.8 Å². The van der Waals surface area contributed by atoms with Gasteiger partial charge in [-0.2, -0.15) is 17.5 Å². The van der Waals surface area contributed by atoms with Crippen molar-refractivity contribution in [3.8, 4) is 0 Å². The van der Waals surface area contributed by atoms with Crippen LogP contribution < -0.4 is 4.90 Å². The summed E-state index contributed by atoms with van der Waals surface area (Å²) in [4.78, 5) is 12.3. The van der Waals surface area contributed by atoms with E-state index in [-0.39, 0.29) is 22.8 Å². The van der Waals surface area contributed by atoms with Gasteiger partial charge in [-0.1, -0.05) is 12.1 Å². The van der Waals surface area contributed by atoms with Crippen molar-refractivity contribution in [3.63, 3.8) is 0 Å². The first kappa shape index (κ1) is 22.0. The lowest BCUT2D eigenvalue weighted by atomic mass is 10.1. The molecule has 162 valence electrons. The summed E-state index contributed by atoms with van der Waals surface area (Å²) in [6.45, 7) is 0.870. The molecule has 0 N–H and O–H groups in total. The number of nitro groups is 1. The maximum atomic E-state index is 12.7. The number of benzene rings is 2. The van der Waals surface area contributed by atoms with Gasteiger partial charge in [0.2, 0.25) is 10.0 Å². The Morgan fingerprint density at radius 2 is 1.70 bits per heavy atom. The first-order valence-electron chi connectivity index (χ1n) is 9.16. The van der Waals surface area contributed by atoms with Gasteiger partial charge in [0.15, 0.2) is 0 Å². The van der Waals surface area contributed by atoms with Gasteiger partial charge in [0.05, 0.1) is 15.4 Å². The molecule has 0 radical (unpaired) electrons. The minimum absolute atomic E-state index is 0.108. The first-order valence-corrected chi connectivity index (χ1v) is 10.6. The Hall–Kier alpha value is -2.66. The van der Waals surface area contributed by atoms with Crippen molar-refractivity contribution in [3.05, 3.63) is 63.7 Å². The third-order valence-electron chi connectivity index (χ3n) is 4.96. The SMILES string of the molecule is CN(Cc1ccc(C(F)(F)F)cc1)c1ccc(S(=O)(=O)N2CCCC2)cc1[N+](=O)[O-]. The van der Waals surface area contributed by atoms with Crippen LogP contribution in [0.5, 0.6) is 0 Å². The molecule has 0 amide bonds. The van der Waals surface area contributed by atoms with Gasteiger partial charge in [-0.3, -0.25) is 10.1 Å². The van der Waals surface area contributed by atoms with Crippen LogP contribution in [0.4, 0.5) is 24.5 Å². The highest BCUT2D eigenvalue weighted by molar-refractivity contribution is 7.89. The maximum absolute atomic E-state index is 12.7. The van der Waals surface area contributed by atoms with Crippen molar-refractivity contribution in [2.45, 2.75) is 30.5 Å². The van der Waals surface area contributed by atoms with E-state index in [0.717, 1.165) is 31.0 Å². The van der Waals surface area contributed by atoms with Gasteiger partial charge in [0.25, 0.3) is 5.69 Å². The van der Waals surface area contributed by atoms with Crippen LogP contribution in [-0.4, -0.2) is 37.8 Å². The second-order valence-corrected chi connectivity index (χ2v) is 9.01. The Morgan fingerprint density at radius 3 is 2.23 bits per heavy atom. The Kier molecular flexibility index (Phi) is 6.04. The molecule has 0 aliphatic carbocycles. The number of halogens is 3. The molecule has 7 nitrogen and oxygen atoms in total. The molecular weight excluding hydrogens is 423 g/mol. The normalized spacial score (nSPS) is 15.3. The second kappa shape index (κ2) is 8.23. The summed E-state index contributed by atoms with van der Waals surface area (Å²) < 4.78 is 64.8. The van der Waals surface area contributed by atoms with Gasteiger partial charge in [-0.25, -0.2) is 8.42 Å². The molecule has 1 fully saturated rings. The standard InChI is InChI=1S/C19H20F3N3O4S/c1-23(13-14-4-6-15(7-5-14)19(20,21)22)17-9-8-16(12-18(17)25(26)27)30(28,29)24-10-2-3-11-24/h4-9,12H,2-3,10-11,13H2,1H3. The highest BCUT2D eigenvalue weighted by atomic mass is 32.2. The van der Waals surface area contributed by atoms with Gasteiger partial charge >= 0.3 is 6.18 Å². The summed E-state index contributed by atoms with van der Waals surface area (Å²) in [5.41, 5.74) is -0.477. The fraction of sp³-hybridized carbons (Fsp3) is 0.368. The van der Waals surface area contributed by atoms with Gasteiger partial charge in [0, 0.05) is 32.7 Å². The number of hydrogen-bond donors (Lipinski definition) is 0. The minimum Gasteiger partial charge on any atom is -0.365 e. The maximum Gasteiger partial charge on any atom is 0.416 e. The molecule has 0 unspecified atom stereocenters. The average Bonchev–Trinajstić information content (AvgIpc) is 3.23. The molecule has 2 aromatic carbocycles. The summed E-state index contributed by atoms with van der Waals surface area (Å²) in [5.74, 6) is 0. The van der Waals surface area contributed by atoms with Crippen LogP contribution in [0.25, 0.3) is 0 Å². The van der Waals surface area contributed by atoms with E-state index in [0.29, 0.717) is 18.7 Å². The van der Waals surface area contributed by atoms with Crippen molar-refractivity contribution in [2.24, 2.45) is 0 Å². The van der Waals surface area contributed by atoms with Crippen molar-refractivity contribution in [1.82, 2.24) is 4.31 Å². The number of alkyl halides is 3. The van der Waals surface area contributed by atoms with E-state index in [1.54, 1.807) is 7.05 Å². The van der Waals surface area contributed by atoms with Crippen molar-refractivity contribution in [1.29, 1.82) is 0 Å². The van der Waals surface area contributed by atoms with Crippen LogP contribution >= 0.6 is 0 Å². The number of nitrogens with zero attached hydrogens (tertiary/aromatic N) is 3. The monoisotopic (exact) mass is 443 g/mol. The lowest BCUT2D eigenvalue weighted by molar-refractivity contribution is -0.384. The van der Waals surface area contributed by atoms with Crippen LogP contribution in [0.3, 0.4) is 0 Å². The van der Waals surface area contributed by atoms with Gasteiger partial charge < -0.3 is 4.90 Å². The van der Waals surface area contributed by atoms with E-state index in [2.05, 4.69) is 0 Å². The minimum atomic E-state index is -4.44. The third-order valence-corrected chi connectivity index (χ3v) is 6.85. The van der Waals surface area contributed by atoms with Crippen LogP contribution in [0.15, 0.2) is 47.4 Å². The van der Waals surface area contributed by atoms with E-state index in [1.165, 1.54) is 33.5 Å². The van der Waals surface area contributed by atoms with Crippen LogP contribution in [0, 0.1) is 10.1 Å². The summed E-state index contributed by atoms with van der Waals surface area (Å²) in [7, 11) is -2.26. The highest BCUT2D eigenvalue weighted by Gasteiger charge is 2.31. The molecule has 0 atom stereocenters. The smallest absolute Gasteiger partial charge is 0.365 e. The zero-order valence-electron chi connectivity index (χ0n) is 16.1. The van der Waals surface area contributed by atoms with E-state index in [1.807, 2.05) is 0 Å². The molecule has 11 heteroatoms. The van der Waals surface area contributed by atoms with Crippen LogP contribution in [-0.2, 0) is 22.7 Å². The Morgan fingerprint density at radius 1 is 1.10 bits per heavy atom. The molecule has 0 bridgehead atoms. The quantitative estimate of drug-likeness (QED) is 0.497. The molecule has 0 aromatic heterocycles. The molecule has 1 saturated heterocycles. The highest BCUT2D eigenvalue weighted by Crippen LogP contribution is 2.33. The molecule has 2 aromatic rings. The van der Waals surface area contributed by atoms with Crippen molar-refractivity contribution >= 4 is 21.4 Å². The van der Waals surface area contributed by atoms with Crippen LogP contribution in [0.1, 0.15) is 24.0 Å². The number of hydrogen-bond acceptors (Lipinski definition) is 5. The molecule has 3 rings (SSSR count). The van der Waals surface area contributed by atoms with Crippen molar-refractivity contribution < 1.29 is 26.5 Å². The average molecular weight is 443 g/mol. The lowest BCUT2D eigenvalue weighted by Gasteiger charge is -2.21. The van der Waals surface area contributed by atoms with E-state index < -0.39 is 26.7 Å². The van der Waals surface area contributed by atoms with Crippen molar-refractivity contribution in [2.75, 3.05) is 25.0 Å². The number of anilines is 1.